The van der Waals surface area contributed by atoms with E-state index in [0.717, 1.165) is 20.7 Å². The van der Waals surface area contributed by atoms with Crippen molar-refractivity contribution in [3.63, 3.8) is 0 Å². The topological polar surface area (TPSA) is 83.1 Å². The van der Waals surface area contributed by atoms with Gasteiger partial charge in [0, 0.05) is 31.8 Å². The van der Waals surface area contributed by atoms with E-state index in [1.807, 2.05) is 121 Å². The highest BCUT2D eigenvalue weighted by Gasteiger charge is 2.85. The van der Waals surface area contributed by atoms with E-state index in [4.69, 9.17) is 37.0 Å². The standard InChI is InChI=1S/C30H34O9Si6/c1-25(2)40-31-41(26(3)4)34-44(29-21-13-7-14-22-29)37-45(35-41,30-23-15-8-16-24-30)39-43(33-40,28-19-11-6-12-20-28)36-42(32-40,38-44)27-17-9-5-10-18-27/h5-26H,1-4H3. The lowest BCUT2D eigenvalue weighted by Crippen LogP contribution is -2.94. The Morgan fingerprint density at radius 2 is 0.533 bits per heavy atom. The predicted molar refractivity (Wildman–Crippen MR) is 179 cm³/mol. The summed E-state index contributed by atoms with van der Waals surface area (Å²) in [6.45, 7) is 8.22. The van der Waals surface area contributed by atoms with Gasteiger partial charge in [-0.3, -0.25) is 0 Å². The van der Waals surface area contributed by atoms with Crippen molar-refractivity contribution in [3.8, 4) is 0 Å². The largest absolute Gasteiger partial charge is 0.515 e. The summed E-state index contributed by atoms with van der Waals surface area (Å²) in [6.07, 6.45) is 0. The van der Waals surface area contributed by atoms with Gasteiger partial charge >= 0.3 is 52.8 Å². The molecule has 0 unspecified atom stereocenters. The van der Waals surface area contributed by atoms with Gasteiger partial charge in [-0.05, 0) is 0 Å². The van der Waals surface area contributed by atoms with Gasteiger partial charge < -0.3 is 37.0 Å². The minimum absolute atomic E-state index is 0.199. The van der Waals surface area contributed by atoms with Gasteiger partial charge in [0.25, 0.3) is 0 Å². The molecule has 5 saturated heterocycles. The molecule has 0 N–H and O–H groups in total. The van der Waals surface area contributed by atoms with Crippen molar-refractivity contribution >= 4 is 73.6 Å². The van der Waals surface area contributed by atoms with Crippen LogP contribution >= 0.6 is 0 Å². The molecule has 5 aliphatic heterocycles. The summed E-state index contributed by atoms with van der Waals surface area (Å²) in [4.78, 5) is 0. The molecule has 5 aliphatic rings. The summed E-state index contributed by atoms with van der Waals surface area (Å²) >= 11 is 0. The van der Waals surface area contributed by atoms with Gasteiger partial charge in [0.05, 0.1) is 0 Å². The molecular weight excluding hydrogens is 673 g/mol. The molecule has 5 heterocycles. The average molecular weight is 707 g/mol. The van der Waals surface area contributed by atoms with E-state index in [1.54, 1.807) is 0 Å². The Balaban J connectivity index is 1.51. The Kier molecular flexibility index (Phi) is 7.15. The van der Waals surface area contributed by atoms with Crippen molar-refractivity contribution in [2.24, 2.45) is 0 Å². The second-order valence-electron chi connectivity index (χ2n) is 12.1. The minimum atomic E-state index is -3.99. The van der Waals surface area contributed by atoms with Crippen LogP contribution in [0.5, 0.6) is 0 Å². The molecule has 9 rings (SSSR count). The molecule has 4 aromatic carbocycles. The fourth-order valence-electron chi connectivity index (χ4n) is 6.01. The van der Waals surface area contributed by atoms with Crippen LogP contribution in [0.4, 0.5) is 0 Å². The molecular formula is C30H34O9Si6. The van der Waals surface area contributed by atoms with Crippen molar-refractivity contribution < 1.29 is 37.0 Å². The summed E-state index contributed by atoms with van der Waals surface area (Å²) in [6, 6.07) is 39.3. The highest BCUT2D eigenvalue weighted by Crippen LogP contribution is 2.52. The number of rotatable bonds is 6. The van der Waals surface area contributed by atoms with Gasteiger partial charge in [-0.15, -0.1) is 0 Å². The fraction of sp³-hybridized carbons (Fsp3) is 0.200. The van der Waals surface area contributed by atoms with Crippen LogP contribution in [-0.4, -0.2) is 52.8 Å². The molecule has 0 amide bonds. The van der Waals surface area contributed by atoms with Crippen LogP contribution in [0.15, 0.2) is 121 Å². The third kappa shape index (κ3) is 4.62. The Labute approximate surface area is 269 Å². The first-order chi connectivity index (χ1) is 21.7. The van der Waals surface area contributed by atoms with Crippen LogP contribution < -0.4 is 20.7 Å². The number of hydrogen-bond donors (Lipinski definition) is 0. The number of hydrogen-bond acceptors (Lipinski definition) is 9. The zero-order valence-corrected chi connectivity index (χ0v) is 31.4. The van der Waals surface area contributed by atoms with Gasteiger partial charge in [-0.25, -0.2) is 0 Å². The monoisotopic (exact) mass is 706 g/mol. The van der Waals surface area contributed by atoms with Crippen LogP contribution in [0.2, 0.25) is 11.1 Å². The Bertz CT molecular complexity index is 1460. The summed E-state index contributed by atoms with van der Waals surface area (Å²) in [5, 5.41) is 3.06. The van der Waals surface area contributed by atoms with E-state index in [-0.39, 0.29) is 11.1 Å². The fourth-order valence-corrected chi connectivity index (χ4v) is 42.7. The predicted octanol–water partition coefficient (Wildman–Crippen LogP) is 3.27. The van der Waals surface area contributed by atoms with E-state index in [9.17, 15) is 0 Å². The molecule has 0 spiro atoms. The normalized spacial score (nSPS) is 37.0. The van der Waals surface area contributed by atoms with Crippen LogP contribution in [0, 0.1) is 0 Å². The maximum atomic E-state index is 7.53. The zero-order chi connectivity index (χ0) is 31.0. The first-order valence-corrected chi connectivity index (χ1v) is 25.7. The van der Waals surface area contributed by atoms with E-state index >= 15 is 0 Å². The van der Waals surface area contributed by atoms with Gasteiger partial charge in [0.1, 0.15) is 0 Å². The lowest BCUT2D eigenvalue weighted by Gasteiger charge is -2.64. The van der Waals surface area contributed by atoms with Crippen LogP contribution in [0.1, 0.15) is 27.7 Å². The van der Waals surface area contributed by atoms with E-state index in [0.29, 0.717) is 0 Å². The first-order valence-electron chi connectivity index (χ1n) is 15.2. The molecule has 45 heavy (non-hydrogen) atoms. The van der Waals surface area contributed by atoms with Gasteiger partial charge in [-0.2, -0.15) is 0 Å². The third-order valence-corrected chi connectivity index (χ3v) is 35.1. The SMILES string of the molecule is CC(C)[Si]12O[Si]3(c4ccccc4)O[Si](c4ccccc4)(O[Si]4(c5ccccc5)O[Si](c5ccccc5)(O3)O[Si](C(C)C)(O4)O1)O2. The second-order valence-corrected chi connectivity index (χ2v) is 31.0. The van der Waals surface area contributed by atoms with Gasteiger partial charge in [0.15, 0.2) is 0 Å². The van der Waals surface area contributed by atoms with Crippen LogP contribution in [0.25, 0.3) is 0 Å². The van der Waals surface area contributed by atoms with Crippen LogP contribution in [0.3, 0.4) is 0 Å². The summed E-state index contributed by atoms with van der Waals surface area (Å²) in [5.41, 5.74) is -0.399. The third-order valence-electron chi connectivity index (χ3n) is 8.39. The molecule has 4 aromatic rings. The zero-order valence-electron chi connectivity index (χ0n) is 25.4. The van der Waals surface area contributed by atoms with E-state index < -0.39 is 52.8 Å². The van der Waals surface area contributed by atoms with Crippen molar-refractivity contribution in [3.05, 3.63) is 121 Å². The summed E-state index contributed by atoms with van der Waals surface area (Å²) in [7, 11) is -23.5. The molecule has 0 aromatic heterocycles. The lowest BCUT2D eigenvalue weighted by atomic mass is 10.4. The highest BCUT2D eigenvalue weighted by atomic mass is 28.6. The minimum Gasteiger partial charge on any atom is -0.373 e. The lowest BCUT2D eigenvalue weighted by molar-refractivity contribution is -0.0186. The van der Waals surface area contributed by atoms with E-state index in [1.165, 1.54) is 0 Å². The smallest absolute Gasteiger partial charge is 0.373 e. The van der Waals surface area contributed by atoms with Crippen molar-refractivity contribution in [2.45, 2.75) is 38.8 Å². The highest BCUT2D eigenvalue weighted by molar-refractivity contribution is 7.11. The Morgan fingerprint density at radius 3 is 0.733 bits per heavy atom. The molecule has 5 fully saturated rings. The van der Waals surface area contributed by atoms with Gasteiger partial charge in [-0.1, -0.05) is 149 Å². The maximum Gasteiger partial charge on any atom is 0.515 e. The second kappa shape index (κ2) is 10.7. The Morgan fingerprint density at radius 1 is 0.311 bits per heavy atom. The van der Waals surface area contributed by atoms with Crippen LogP contribution in [-0.2, 0) is 37.0 Å². The molecule has 0 saturated carbocycles. The number of benzene rings is 4. The molecule has 6 bridgehead atoms. The summed E-state index contributed by atoms with van der Waals surface area (Å²) in [5.74, 6) is 0. The quantitative estimate of drug-likeness (QED) is 0.281. The first kappa shape index (κ1) is 30.2. The molecule has 15 heteroatoms. The molecule has 0 aliphatic carbocycles. The molecule has 9 nitrogen and oxygen atoms in total. The van der Waals surface area contributed by atoms with Gasteiger partial charge in [0.2, 0.25) is 0 Å². The Hall–Kier alpha value is -2.18. The molecule has 0 radical (unpaired) electrons. The molecule has 0 atom stereocenters. The molecule has 232 valence electrons. The summed E-state index contributed by atoms with van der Waals surface area (Å²) < 4.78 is 66.3. The van der Waals surface area contributed by atoms with Crippen molar-refractivity contribution in [2.75, 3.05) is 0 Å². The van der Waals surface area contributed by atoms with Crippen molar-refractivity contribution in [1.82, 2.24) is 0 Å². The van der Waals surface area contributed by atoms with Crippen molar-refractivity contribution in [1.29, 1.82) is 0 Å². The maximum absolute atomic E-state index is 7.53. The average Bonchev–Trinajstić information content (AvgIpc) is 3.05. The van der Waals surface area contributed by atoms with E-state index in [2.05, 4.69) is 27.7 Å².